The van der Waals surface area contributed by atoms with E-state index in [9.17, 15) is 9.18 Å². The first-order valence-corrected chi connectivity index (χ1v) is 8.67. The topological polar surface area (TPSA) is 79.5 Å². The van der Waals surface area contributed by atoms with Gasteiger partial charge in [0.05, 0.1) is 0 Å². The maximum atomic E-state index is 13.3. The summed E-state index contributed by atoms with van der Waals surface area (Å²) in [5.74, 6) is -1.03. The van der Waals surface area contributed by atoms with Crippen molar-refractivity contribution in [2.24, 2.45) is 0 Å². The molecule has 26 heavy (non-hydrogen) atoms. The highest BCUT2D eigenvalue weighted by Crippen LogP contribution is 2.32. The highest BCUT2D eigenvalue weighted by Gasteiger charge is 2.21. The molecule has 4 rings (SSSR count). The van der Waals surface area contributed by atoms with Crippen LogP contribution < -0.4 is 4.90 Å². The number of furan rings is 1. The number of aromatic carboxylic acids is 1. The first-order valence-electron chi connectivity index (χ1n) is 8.67. The Labute approximate surface area is 149 Å². The third-order valence-corrected chi connectivity index (χ3v) is 4.58. The molecule has 1 N–H and O–H groups in total. The lowest BCUT2D eigenvalue weighted by Gasteiger charge is -2.23. The van der Waals surface area contributed by atoms with Gasteiger partial charge in [0.15, 0.2) is 5.82 Å². The van der Waals surface area contributed by atoms with E-state index in [2.05, 4.69) is 14.9 Å². The van der Waals surface area contributed by atoms with Crippen molar-refractivity contribution in [2.45, 2.75) is 25.7 Å². The minimum atomic E-state index is -1.16. The first-order chi connectivity index (χ1) is 12.6. The molecule has 0 radical (unpaired) electrons. The molecule has 0 spiro atoms. The molecule has 3 aromatic rings. The fourth-order valence-corrected chi connectivity index (χ4v) is 3.26. The molecular formula is C19H18FN3O3. The van der Waals surface area contributed by atoms with Crippen LogP contribution in [0.4, 0.5) is 10.2 Å². The summed E-state index contributed by atoms with van der Waals surface area (Å²) in [5.41, 5.74) is 1.92. The van der Waals surface area contributed by atoms with Gasteiger partial charge in [0.2, 0.25) is 11.5 Å². The number of hydrogen-bond donors (Lipinski definition) is 1. The maximum absolute atomic E-state index is 13.3. The van der Waals surface area contributed by atoms with Gasteiger partial charge < -0.3 is 14.4 Å². The van der Waals surface area contributed by atoms with Gasteiger partial charge >= 0.3 is 5.97 Å². The summed E-state index contributed by atoms with van der Waals surface area (Å²) in [5, 5.41) is 9.16. The minimum absolute atomic E-state index is 0.196. The molecular weight excluding hydrogens is 337 g/mol. The number of fused-ring (bicyclic) bond motifs is 1. The molecule has 1 aliphatic rings. The zero-order valence-electron chi connectivity index (χ0n) is 14.1. The van der Waals surface area contributed by atoms with E-state index in [1.165, 1.54) is 31.0 Å². The molecule has 0 amide bonds. The zero-order valence-corrected chi connectivity index (χ0v) is 14.1. The van der Waals surface area contributed by atoms with Crippen LogP contribution in [0.1, 0.15) is 36.2 Å². The Bertz CT molecular complexity index is 945. The van der Waals surface area contributed by atoms with Crippen LogP contribution in [0.25, 0.3) is 22.5 Å². The number of carbonyl (C=O) groups is 1. The number of carboxylic acids is 1. The van der Waals surface area contributed by atoms with Crippen molar-refractivity contribution in [3.63, 3.8) is 0 Å². The Morgan fingerprint density at radius 1 is 1.08 bits per heavy atom. The highest BCUT2D eigenvalue weighted by molar-refractivity contribution is 5.90. The second-order valence-electron chi connectivity index (χ2n) is 6.41. The molecule has 0 unspecified atom stereocenters. The molecule has 6 nitrogen and oxygen atoms in total. The highest BCUT2D eigenvalue weighted by atomic mass is 19.1. The average Bonchev–Trinajstić information content (AvgIpc) is 2.87. The van der Waals surface area contributed by atoms with E-state index in [1.54, 1.807) is 12.1 Å². The van der Waals surface area contributed by atoms with Crippen molar-refractivity contribution < 1.29 is 18.7 Å². The van der Waals surface area contributed by atoms with Crippen molar-refractivity contribution in [2.75, 3.05) is 18.0 Å². The number of aromatic nitrogens is 2. The lowest BCUT2D eigenvalue weighted by atomic mass is 10.1. The van der Waals surface area contributed by atoms with Crippen LogP contribution in [0.5, 0.6) is 0 Å². The van der Waals surface area contributed by atoms with Crippen LogP contribution in [0, 0.1) is 5.82 Å². The Morgan fingerprint density at radius 3 is 2.42 bits per heavy atom. The first kappa shape index (κ1) is 16.5. The van der Waals surface area contributed by atoms with E-state index >= 15 is 0 Å². The lowest BCUT2D eigenvalue weighted by molar-refractivity contribution is 0.0664. The molecule has 1 fully saturated rings. The smallest absolute Gasteiger partial charge is 0.371 e. The number of halogens is 1. The van der Waals surface area contributed by atoms with Gasteiger partial charge in [0.1, 0.15) is 17.0 Å². The third-order valence-electron chi connectivity index (χ3n) is 4.58. The summed E-state index contributed by atoms with van der Waals surface area (Å²) >= 11 is 0. The summed E-state index contributed by atoms with van der Waals surface area (Å²) in [6.07, 6.45) is 4.45. The fourth-order valence-electron chi connectivity index (χ4n) is 3.26. The van der Waals surface area contributed by atoms with Crippen LogP contribution in [0.15, 0.2) is 34.7 Å². The van der Waals surface area contributed by atoms with Crippen LogP contribution >= 0.6 is 0 Å². The van der Waals surface area contributed by atoms with Gasteiger partial charge in [0, 0.05) is 24.7 Å². The summed E-state index contributed by atoms with van der Waals surface area (Å²) in [6, 6.07) is 7.44. The quantitative estimate of drug-likeness (QED) is 0.762. The van der Waals surface area contributed by atoms with Gasteiger partial charge in [-0.05, 0) is 37.1 Å². The van der Waals surface area contributed by atoms with E-state index < -0.39 is 5.97 Å². The van der Waals surface area contributed by atoms with Gasteiger partial charge in [-0.1, -0.05) is 12.8 Å². The number of benzene rings is 1. The zero-order chi connectivity index (χ0) is 18.1. The predicted molar refractivity (Wildman–Crippen MR) is 94.8 cm³/mol. The third kappa shape index (κ3) is 3.12. The predicted octanol–water partition coefficient (Wildman–Crippen LogP) is 4.11. The van der Waals surface area contributed by atoms with Crippen molar-refractivity contribution in [1.29, 1.82) is 0 Å². The number of anilines is 1. The van der Waals surface area contributed by atoms with Crippen molar-refractivity contribution in [3.8, 4) is 11.3 Å². The average molecular weight is 355 g/mol. The summed E-state index contributed by atoms with van der Waals surface area (Å²) in [7, 11) is 0. The van der Waals surface area contributed by atoms with Gasteiger partial charge in [0.25, 0.3) is 0 Å². The molecule has 0 atom stereocenters. The van der Waals surface area contributed by atoms with Crippen LogP contribution in [0.3, 0.4) is 0 Å². The second kappa shape index (κ2) is 6.74. The summed E-state index contributed by atoms with van der Waals surface area (Å²) in [4.78, 5) is 22.5. The fraction of sp³-hybridized carbons (Fsp3) is 0.316. The molecule has 1 aromatic carbocycles. The maximum Gasteiger partial charge on any atom is 0.371 e. The van der Waals surface area contributed by atoms with Gasteiger partial charge in [-0.2, -0.15) is 4.98 Å². The van der Waals surface area contributed by atoms with Crippen molar-refractivity contribution in [3.05, 3.63) is 41.9 Å². The number of hydrogen-bond acceptors (Lipinski definition) is 5. The van der Waals surface area contributed by atoms with Crippen LogP contribution in [-0.4, -0.2) is 34.1 Å². The normalized spacial score (nSPS) is 15.2. The molecule has 0 bridgehead atoms. The number of nitrogens with zero attached hydrogens (tertiary/aromatic N) is 3. The number of carboxylic acid groups (broad SMARTS) is 1. The van der Waals surface area contributed by atoms with E-state index in [4.69, 9.17) is 9.52 Å². The van der Waals surface area contributed by atoms with E-state index in [1.807, 2.05) is 0 Å². The van der Waals surface area contributed by atoms with Crippen molar-refractivity contribution >= 4 is 23.0 Å². The summed E-state index contributed by atoms with van der Waals surface area (Å²) < 4.78 is 18.7. The monoisotopic (exact) mass is 355 g/mol. The second-order valence-corrected chi connectivity index (χ2v) is 6.41. The van der Waals surface area contributed by atoms with E-state index in [0.717, 1.165) is 31.5 Å². The van der Waals surface area contributed by atoms with E-state index in [-0.39, 0.29) is 17.3 Å². The Balaban J connectivity index is 1.88. The van der Waals surface area contributed by atoms with Gasteiger partial charge in [-0.15, -0.1) is 0 Å². The SMILES string of the molecule is O=C(O)c1cc2nc(-c3ccc(F)cc3)c(N3CCCCCC3)nc2o1. The Kier molecular flexibility index (Phi) is 4.28. The standard InChI is InChI=1S/C19H18FN3O3/c20-13-7-5-12(6-8-13)16-17(23-9-3-1-2-4-10-23)22-18-14(21-16)11-15(26-18)19(24)25/h5-8,11H,1-4,9-10H2,(H,24,25). The minimum Gasteiger partial charge on any atom is -0.475 e. The number of rotatable bonds is 3. The van der Waals surface area contributed by atoms with Crippen LogP contribution in [0.2, 0.25) is 0 Å². The Morgan fingerprint density at radius 2 is 1.77 bits per heavy atom. The van der Waals surface area contributed by atoms with Gasteiger partial charge in [-0.25, -0.2) is 14.2 Å². The molecule has 1 aliphatic heterocycles. The molecule has 0 aliphatic carbocycles. The van der Waals surface area contributed by atoms with Crippen LogP contribution in [-0.2, 0) is 0 Å². The molecule has 2 aromatic heterocycles. The van der Waals surface area contributed by atoms with Gasteiger partial charge in [-0.3, -0.25) is 0 Å². The van der Waals surface area contributed by atoms with Crippen molar-refractivity contribution in [1.82, 2.24) is 9.97 Å². The molecule has 134 valence electrons. The summed E-state index contributed by atoms with van der Waals surface area (Å²) in [6.45, 7) is 1.70. The Hall–Kier alpha value is -2.96. The largest absolute Gasteiger partial charge is 0.475 e. The van der Waals surface area contributed by atoms with E-state index in [0.29, 0.717) is 17.0 Å². The molecule has 3 heterocycles. The molecule has 0 saturated carbocycles. The molecule has 7 heteroatoms. The molecule has 1 saturated heterocycles. The lowest BCUT2D eigenvalue weighted by Crippen LogP contribution is -2.26.